The second-order valence-electron chi connectivity index (χ2n) is 13.1. The number of pyridine rings is 2. The molecule has 0 atom stereocenters. The summed E-state index contributed by atoms with van der Waals surface area (Å²) in [6.45, 7) is 6.56. The van der Waals surface area contributed by atoms with Crippen LogP contribution in [0.3, 0.4) is 0 Å². The summed E-state index contributed by atoms with van der Waals surface area (Å²) in [5, 5.41) is 5.36. The van der Waals surface area contributed by atoms with Gasteiger partial charge in [0.05, 0.1) is 16.7 Å². The van der Waals surface area contributed by atoms with Gasteiger partial charge in [-0.05, 0) is 90.2 Å². The quantitative estimate of drug-likeness (QED) is 0.102. The van der Waals surface area contributed by atoms with Gasteiger partial charge in [-0.15, -0.1) is 29.7 Å². The van der Waals surface area contributed by atoms with E-state index in [4.69, 9.17) is 9.72 Å². The molecule has 4 aromatic heterocycles. The van der Waals surface area contributed by atoms with Crippen molar-refractivity contribution in [1.29, 1.82) is 0 Å². The van der Waals surface area contributed by atoms with Crippen molar-refractivity contribution in [1.82, 2.24) is 18.9 Å². The van der Waals surface area contributed by atoms with Crippen molar-refractivity contribution in [3.63, 3.8) is 0 Å². The van der Waals surface area contributed by atoms with Gasteiger partial charge in [-0.3, -0.25) is 4.98 Å². The monoisotopic (exact) mass is 748 g/mol. The molecule has 0 N–H and O–H groups in total. The van der Waals surface area contributed by atoms with Gasteiger partial charge in [-0.1, -0.05) is 88.6 Å². The molecule has 0 unspecified atom stereocenters. The Hall–Kier alpha value is -5.80. The second-order valence-corrected chi connectivity index (χ2v) is 13.1. The first kappa shape index (κ1) is 31.2. The zero-order chi connectivity index (χ0) is 33.5. The van der Waals surface area contributed by atoms with E-state index >= 15 is 0 Å². The van der Waals surface area contributed by atoms with E-state index in [0.29, 0.717) is 11.5 Å². The first-order valence-electron chi connectivity index (χ1n) is 16.8. The Morgan fingerprint density at radius 1 is 0.608 bits per heavy atom. The van der Waals surface area contributed by atoms with Gasteiger partial charge in [-0.25, -0.2) is 4.98 Å². The summed E-state index contributed by atoms with van der Waals surface area (Å²) >= 11 is 0. The van der Waals surface area contributed by atoms with Gasteiger partial charge < -0.3 is 13.7 Å². The van der Waals surface area contributed by atoms with Crippen LogP contribution in [0.4, 0.5) is 0 Å². The number of hydrogen-bond donors (Lipinski definition) is 0. The molecule has 51 heavy (non-hydrogen) atoms. The number of aromatic nitrogens is 4. The molecule has 6 heteroatoms. The van der Waals surface area contributed by atoms with Gasteiger partial charge in [-0.2, -0.15) is 6.07 Å². The summed E-state index contributed by atoms with van der Waals surface area (Å²) < 4.78 is 11.0. The van der Waals surface area contributed by atoms with Crippen LogP contribution in [0.25, 0.3) is 77.1 Å². The van der Waals surface area contributed by atoms with Gasteiger partial charge in [0.2, 0.25) is 0 Å². The van der Waals surface area contributed by atoms with Crippen molar-refractivity contribution < 1.29 is 25.2 Å². The van der Waals surface area contributed by atoms with Crippen LogP contribution < -0.4 is 4.74 Å². The largest absolute Gasteiger partial charge is 2.00 e. The summed E-state index contributed by atoms with van der Waals surface area (Å²) in [6.07, 6.45) is 1.81. The standard InChI is InChI=1S/C45H30N4O.Pd/c1-27-22-28(2)44(29(3)23-27)30-15-18-35-33-19-16-31(25-37(33)45-47-38-11-5-7-13-40(38)49(45)41(35)24-30)50-32-17-20-36-34-10-4-6-12-39(34)48(42(36)26-32)43-14-8-9-21-46-43;/h4-24H,1-3H3;/q-2;+2. The van der Waals surface area contributed by atoms with E-state index in [0.717, 1.165) is 66.0 Å². The minimum Gasteiger partial charge on any atom is -0.503 e. The van der Waals surface area contributed by atoms with Crippen molar-refractivity contribution in [3.8, 4) is 28.4 Å². The number of rotatable bonds is 4. The van der Waals surface area contributed by atoms with Crippen molar-refractivity contribution in [2.24, 2.45) is 0 Å². The molecule has 0 aliphatic carbocycles. The summed E-state index contributed by atoms with van der Waals surface area (Å²) in [4.78, 5) is 9.82. The van der Waals surface area contributed by atoms with Crippen LogP contribution in [0.15, 0.2) is 128 Å². The fourth-order valence-corrected chi connectivity index (χ4v) is 7.88. The number of fused-ring (bicyclic) bond motifs is 11. The van der Waals surface area contributed by atoms with E-state index in [-0.39, 0.29) is 20.4 Å². The van der Waals surface area contributed by atoms with Crippen LogP contribution in [0.5, 0.6) is 11.5 Å². The first-order chi connectivity index (χ1) is 24.5. The van der Waals surface area contributed by atoms with Gasteiger partial charge in [0.1, 0.15) is 5.82 Å². The Bertz CT molecular complexity index is 2970. The van der Waals surface area contributed by atoms with Crippen molar-refractivity contribution in [3.05, 3.63) is 156 Å². The smallest absolute Gasteiger partial charge is 0.503 e. The van der Waals surface area contributed by atoms with E-state index in [2.05, 4.69) is 132 Å². The van der Waals surface area contributed by atoms with Crippen molar-refractivity contribution >= 4 is 60.2 Å². The maximum atomic E-state index is 6.55. The van der Waals surface area contributed by atoms with Crippen molar-refractivity contribution in [2.75, 3.05) is 0 Å². The molecule has 0 fully saturated rings. The average molecular weight is 749 g/mol. The number of benzene rings is 6. The topological polar surface area (TPSA) is 44.3 Å². The Morgan fingerprint density at radius 3 is 2.10 bits per heavy atom. The zero-order valence-electron chi connectivity index (χ0n) is 28.1. The van der Waals surface area contributed by atoms with Crippen LogP contribution in [0.1, 0.15) is 16.7 Å². The molecule has 6 aromatic carbocycles. The molecule has 10 aromatic rings. The number of hydrogen-bond acceptors (Lipinski definition) is 3. The fourth-order valence-electron chi connectivity index (χ4n) is 7.88. The number of ether oxygens (including phenoxy) is 1. The summed E-state index contributed by atoms with van der Waals surface area (Å²) in [6, 6.07) is 49.4. The fraction of sp³-hybridized carbons (Fsp3) is 0.0667. The van der Waals surface area contributed by atoms with Gasteiger partial charge in [0.15, 0.2) is 0 Å². The van der Waals surface area contributed by atoms with Crippen LogP contribution in [-0.4, -0.2) is 18.9 Å². The second kappa shape index (κ2) is 11.9. The number of nitrogens with zero attached hydrogens (tertiary/aromatic N) is 4. The summed E-state index contributed by atoms with van der Waals surface area (Å²) in [7, 11) is 0. The molecular formula is C45H30N4OPd. The molecule has 246 valence electrons. The molecule has 4 heterocycles. The minimum atomic E-state index is 0. The summed E-state index contributed by atoms with van der Waals surface area (Å²) in [5.74, 6) is 2.04. The molecule has 0 amide bonds. The molecule has 0 bridgehead atoms. The average Bonchev–Trinajstić information content (AvgIpc) is 3.68. The molecule has 0 radical (unpaired) electrons. The minimum absolute atomic E-state index is 0. The molecule has 0 aliphatic rings. The number of aryl methyl sites for hydroxylation is 3. The molecule has 0 aliphatic heterocycles. The molecule has 0 saturated heterocycles. The molecular weight excluding hydrogens is 719 g/mol. The predicted molar refractivity (Wildman–Crippen MR) is 204 cm³/mol. The number of para-hydroxylation sites is 3. The molecule has 5 nitrogen and oxygen atoms in total. The van der Waals surface area contributed by atoms with Gasteiger partial charge >= 0.3 is 20.4 Å². The maximum absolute atomic E-state index is 6.55. The van der Waals surface area contributed by atoms with E-state index in [1.54, 1.807) is 0 Å². The Labute approximate surface area is 308 Å². The van der Waals surface area contributed by atoms with E-state index in [1.165, 1.54) is 27.8 Å². The van der Waals surface area contributed by atoms with Crippen molar-refractivity contribution in [2.45, 2.75) is 20.8 Å². The molecule has 0 saturated carbocycles. The Kier molecular flexibility index (Phi) is 7.29. The van der Waals surface area contributed by atoms with Crippen LogP contribution in [-0.2, 0) is 20.4 Å². The van der Waals surface area contributed by atoms with Crippen LogP contribution >= 0.6 is 0 Å². The third kappa shape index (κ3) is 4.87. The predicted octanol–water partition coefficient (Wildman–Crippen LogP) is 11.3. The van der Waals surface area contributed by atoms with E-state index in [9.17, 15) is 0 Å². The van der Waals surface area contributed by atoms with Crippen LogP contribution in [0.2, 0.25) is 0 Å². The Balaban J connectivity index is 0.00000348. The zero-order valence-corrected chi connectivity index (χ0v) is 29.7. The SMILES string of the molecule is Cc1cc(C)c(-c2ccc3c4ccc(Oc5[c-]c6c(cc5)c5ccccc5n6-c5ccccn5)[c-]c4c4nc5ccccc5n4c3c2)c(C)c1.[Pd+2]. The normalized spacial score (nSPS) is 11.7. The maximum Gasteiger partial charge on any atom is 2.00 e. The Morgan fingerprint density at radius 2 is 1.29 bits per heavy atom. The van der Waals surface area contributed by atoms with Gasteiger partial charge in [0.25, 0.3) is 0 Å². The van der Waals surface area contributed by atoms with E-state index in [1.807, 2.05) is 42.6 Å². The third-order valence-electron chi connectivity index (χ3n) is 9.85. The van der Waals surface area contributed by atoms with Crippen LogP contribution in [0, 0.1) is 32.9 Å². The molecule has 10 rings (SSSR count). The van der Waals surface area contributed by atoms with E-state index < -0.39 is 0 Å². The summed E-state index contributed by atoms with van der Waals surface area (Å²) in [5.41, 5.74) is 12.3. The molecule has 0 spiro atoms. The van der Waals surface area contributed by atoms with Gasteiger partial charge in [0, 0.05) is 28.7 Å². The first-order valence-corrected chi connectivity index (χ1v) is 16.8. The number of imidazole rings is 1. The third-order valence-corrected chi connectivity index (χ3v) is 9.85.